The molecule has 2 aliphatic heterocycles. The van der Waals surface area contributed by atoms with E-state index in [0.717, 1.165) is 45.4 Å². The summed E-state index contributed by atoms with van der Waals surface area (Å²) in [5.41, 5.74) is 1.77. The average molecular weight is 329 g/mol. The van der Waals surface area contributed by atoms with Gasteiger partial charge in [-0.3, -0.25) is 4.90 Å². The number of urea groups is 1. The van der Waals surface area contributed by atoms with E-state index in [1.807, 2.05) is 4.90 Å². The fraction of sp³-hybridized carbons (Fsp3) is 0.650. The Balaban J connectivity index is 1.69. The molecule has 24 heavy (non-hydrogen) atoms. The lowest BCUT2D eigenvalue weighted by Gasteiger charge is -2.62. The lowest BCUT2D eigenvalue weighted by atomic mass is 9.62. The third-order valence-corrected chi connectivity index (χ3v) is 5.76. The highest BCUT2D eigenvalue weighted by Gasteiger charge is 2.54. The molecular formula is C20H31N3O. The summed E-state index contributed by atoms with van der Waals surface area (Å²) in [7, 11) is 0. The van der Waals surface area contributed by atoms with Crippen LogP contribution in [-0.4, -0.2) is 48.1 Å². The van der Waals surface area contributed by atoms with Crippen molar-refractivity contribution >= 4 is 6.03 Å². The Hall–Kier alpha value is -1.55. The van der Waals surface area contributed by atoms with Crippen LogP contribution >= 0.6 is 0 Å². The number of likely N-dealkylation sites (tertiary alicyclic amines) is 2. The van der Waals surface area contributed by atoms with Gasteiger partial charge in [0.2, 0.25) is 0 Å². The molecule has 2 aliphatic rings. The standard InChI is InChI=1S/C20H31N3O/c1-4-12-21-19(24)22-13-10-20(11-14-22)15-23(16(2)3)18(20)17-8-6-5-7-9-17/h5-9,16,18H,4,10-15H2,1-3H3,(H,21,24). The molecule has 1 atom stereocenters. The molecule has 1 N–H and O–H groups in total. The Labute approximate surface area is 146 Å². The van der Waals surface area contributed by atoms with E-state index in [9.17, 15) is 4.79 Å². The number of hydrogen-bond donors (Lipinski definition) is 1. The van der Waals surface area contributed by atoms with Gasteiger partial charge in [-0.25, -0.2) is 4.79 Å². The van der Waals surface area contributed by atoms with E-state index in [-0.39, 0.29) is 6.03 Å². The highest BCUT2D eigenvalue weighted by molar-refractivity contribution is 5.74. The molecule has 3 rings (SSSR count). The second-order valence-corrected chi connectivity index (χ2v) is 7.66. The monoisotopic (exact) mass is 329 g/mol. The van der Waals surface area contributed by atoms with Crippen LogP contribution in [0.4, 0.5) is 4.79 Å². The molecule has 0 radical (unpaired) electrons. The van der Waals surface area contributed by atoms with Gasteiger partial charge in [0.05, 0.1) is 0 Å². The van der Waals surface area contributed by atoms with Crippen molar-refractivity contribution < 1.29 is 4.79 Å². The van der Waals surface area contributed by atoms with Crippen molar-refractivity contribution in [2.75, 3.05) is 26.2 Å². The van der Waals surface area contributed by atoms with E-state index in [1.165, 1.54) is 5.56 Å². The SMILES string of the molecule is CCCNC(=O)N1CCC2(CC1)CN(C(C)C)C2c1ccccc1. The van der Waals surface area contributed by atoms with E-state index in [2.05, 4.69) is 61.3 Å². The minimum absolute atomic E-state index is 0.114. The van der Waals surface area contributed by atoms with Gasteiger partial charge in [-0.1, -0.05) is 37.3 Å². The maximum Gasteiger partial charge on any atom is 0.317 e. The van der Waals surface area contributed by atoms with Gasteiger partial charge in [-0.15, -0.1) is 0 Å². The van der Waals surface area contributed by atoms with Crippen LogP contribution < -0.4 is 5.32 Å². The normalized spacial score (nSPS) is 23.3. The first kappa shape index (κ1) is 17.3. The van der Waals surface area contributed by atoms with Crippen LogP contribution in [0.3, 0.4) is 0 Å². The molecule has 2 saturated heterocycles. The Morgan fingerprint density at radius 1 is 1.25 bits per heavy atom. The van der Waals surface area contributed by atoms with E-state index >= 15 is 0 Å². The minimum atomic E-state index is 0.114. The molecule has 4 nitrogen and oxygen atoms in total. The zero-order valence-corrected chi connectivity index (χ0v) is 15.3. The zero-order valence-electron chi connectivity index (χ0n) is 15.3. The fourth-order valence-corrected chi connectivity index (χ4v) is 4.37. The number of benzene rings is 1. The van der Waals surface area contributed by atoms with Crippen molar-refractivity contribution in [1.82, 2.24) is 15.1 Å². The summed E-state index contributed by atoms with van der Waals surface area (Å²) in [4.78, 5) is 16.8. The summed E-state index contributed by atoms with van der Waals surface area (Å²) < 4.78 is 0. The Morgan fingerprint density at radius 2 is 1.92 bits per heavy atom. The molecule has 0 bridgehead atoms. The Morgan fingerprint density at radius 3 is 2.50 bits per heavy atom. The van der Waals surface area contributed by atoms with Gasteiger partial charge in [-0.2, -0.15) is 0 Å². The summed E-state index contributed by atoms with van der Waals surface area (Å²) in [6, 6.07) is 12.1. The molecule has 0 aliphatic carbocycles. The first-order valence-electron chi connectivity index (χ1n) is 9.41. The predicted molar refractivity (Wildman–Crippen MR) is 98.0 cm³/mol. The van der Waals surface area contributed by atoms with E-state index in [1.54, 1.807) is 0 Å². The van der Waals surface area contributed by atoms with Crippen molar-refractivity contribution in [3.05, 3.63) is 35.9 Å². The molecule has 2 fully saturated rings. The topological polar surface area (TPSA) is 35.6 Å². The number of nitrogens with zero attached hydrogens (tertiary/aromatic N) is 2. The molecule has 1 unspecified atom stereocenters. The molecular weight excluding hydrogens is 298 g/mol. The van der Waals surface area contributed by atoms with Gasteiger partial charge in [0.25, 0.3) is 0 Å². The maximum atomic E-state index is 12.2. The minimum Gasteiger partial charge on any atom is -0.338 e. The highest BCUT2D eigenvalue weighted by Crippen LogP contribution is 2.55. The van der Waals surface area contributed by atoms with E-state index in [0.29, 0.717) is 17.5 Å². The third kappa shape index (κ3) is 3.16. The molecule has 1 aromatic carbocycles. The van der Waals surface area contributed by atoms with Crippen molar-refractivity contribution in [1.29, 1.82) is 0 Å². The molecule has 2 heterocycles. The summed E-state index contributed by atoms with van der Waals surface area (Å²) in [5, 5.41) is 3.01. The van der Waals surface area contributed by atoms with E-state index < -0.39 is 0 Å². The summed E-state index contributed by atoms with van der Waals surface area (Å²) in [6.07, 6.45) is 3.20. The third-order valence-electron chi connectivity index (χ3n) is 5.76. The Bertz CT molecular complexity index is 549. The van der Waals surface area contributed by atoms with Crippen molar-refractivity contribution in [2.24, 2.45) is 5.41 Å². The number of rotatable bonds is 4. The fourth-order valence-electron chi connectivity index (χ4n) is 4.37. The first-order valence-corrected chi connectivity index (χ1v) is 9.41. The van der Waals surface area contributed by atoms with Gasteiger partial charge in [0, 0.05) is 43.7 Å². The molecule has 132 valence electrons. The van der Waals surface area contributed by atoms with Crippen LogP contribution in [0.5, 0.6) is 0 Å². The van der Waals surface area contributed by atoms with Gasteiger partial charge in [0.15, 0.2) is 0 Å². The van der Waals surface area contributed by atoms with Crippen molar-refractivity contribution in [3.63, 3.8) is 0 Å². The molecule has 1 aromatic rings. The maximum absolute atomic E-state index is 12.2. The summed E-state index contributed by atoms with van der Waals surface area (Å²) in [5.74, 6) is 0. The largest absolute Gasteiger partial charge is 0.338 e. The number of amides is 2. The van der Waals surface area contributed by atoms with Crippen LogP contribution in [-0.2, 0) is 0 Å². The van der Waals surface area contributed by atoms with Gasteiger partial charge < -0.3 is 10.2 Å². The van der Waals surface area contributed by atoms with Crippen LogP contribution in [0.1, 0.15) is 51.6 Å². The average Bonchev–Trinajstić information content (AvgIpc) is 2.58. The smallest absolute Gasteiger partial charge is 0.317 e. The molecule has 0 aromatic heterocycles. The van der Waals surface area contributed by atoms with Gasteiger partial charge >= 0.3 is 6.03 Å². The number of hydrogen-bond acceptors (Lipinski definition) is 2. The molecule has 4 heteroatoms. The van der Waals surface area contributed by atoms with Crippen LogP contribution in [0.2, 0.25) is 0 Å². The van der Waals surface area contributed by atoms with Crippen LogP contribution in [0.15, 0.2) is 30.3 Å². The quantitative estimate of drug-likeness (QED) is 0.915. The van der Waals surface area contributed by atoms with Gasteiger partial charge in [0.1, 0.15) is 0 Å². The first-order chi connectivity index (χ1) is 11.6. The van der Waals surface area contributed by atoms with Gasteiger partial charge in [-0.05, 0) is 38.7 Å². The highest BCUT2D eigenvalue weighted by atomic mass is 16.2. The number of carbonyl (C=O) groups is 1. The lowest BCUT2D eigenvalue weighted by Crippen LogP contribution is -2.64. The molecule has 0 saturated carbocycles. The van der Waals surface area contributed by atoms with E-state index in [4.69, 9.17) is 0 Å². The molecule has 1 spiro atoms. The Kier molecular flexibility index (Phi) is 5.14. The second kappa shape index (κ2) is 7.14. The van der Waals surface area contributed by atoms with Crippen molar-refractivity contribution in [2.45, 2.75) is 52.1 Å². The summed E-state index contributed by atoms with van der Waals surface area (Å²) in [6.45, 7) is 10.4. The predicted octanol–water partition coefficient (Wildman–Crippen LogP) is 3.65. The zero-order chi connectivity index (χ0) is 17.2. The number of piperidine rings is 1. The second-order valence-electron chi connectivity index (χ2n) is 7.66. The van der Waals surface area contributed by atoms with Crippen LogP contribution in [0, 0.1) is 5.41 Å². The number of nitrogens with one attached hydrogen (secondary N) is 1. The number of carbonyl (C=O) groups excluding carboxylic acids is 1. The molecule has 2 amide bonds. The van der Waals surface area contributed by atoms with Crippen LogP contribution in [0.25, 0.3) is 0 Å². The van der Waals surface area contributed by atoms with Crippen molar-refractivity contribution in [3.8, 4) is 0 Å². The summed E-state index contributed by atoms with van der Waals surface area (Å²) >= 11 is 0. The lowest BCUT2D eigenvalue weighted by molar-refractivity contribution is -0.123.